The quantitative estimate of drug-likeness (QED) is 0.725. The zero-order chi connectivity index (χ0) is 8.97. The summed E-state index contributed by atoms with van der Waals surface area (Å²) in [5.74, 6) is 1.13. The molecule has 2 N–H and O–H groups in total. The summed E-state index contributed by atoms with van der Waals surface area (Å²) in [6.07, 6.45) is 0. The molecule has 1 rings (SSSR count). The van der Waals surface area contributed by atoms with E-state index in [9.17, 15) is 0 Å². The molecule has 0 bridgehead atoms. The molecule has 1 aromatic carbocycles. The molecule has 0 unspecified atom stereocenters. The van der Waals surface area contributed by atoms with Crippen LogP contribution in [-0.4, -0.2) is 5.75 Å². The molecule has 0 aromatic heterocycles. The Bertz CT molecular complexity index is 258. The first kappa shape index (κ1) is 9.62. The first-order chi connectivity index (χ1) is 5.77. The van der Waals surface area contributed by atoms with Crippen LogP contribution >= 0.6 is 11.8 Å². The van der Waals surface area contributed by atoms with Crippen LogP contribution in [0, 0.1) is 6.92 Å². The largest absolute Gasteiger partial charge is 0.326 e. The standard InChI is InChI=1S/C10H15NS/c1-3-12-10-5-4-9(7-11)8(2)6-10/h4-6H,3,7,11H2,1-2H3. The van der Waals surface area contributed by atoms with Crippen molar-refractivity contribution in [3.8, 4) is 0 Å². The topological polar surface area (TPSA) is 26.0 Å². The molecule has 1 aromatic rings. The molecule has 0 radical (unpaired) electrons. The van der Waals surface area contributed by atoms with Crippen molar-refractivity contribution in [1.29, 1.82) is 0 Å². The van der Waals surface area contributed by atoms with Crippen LogP contribution in [0.5, 0.6) is 0 Å². The number of nitrogens with two attached hydrogens (primary N) is 1. The van der Waals surface area contributed by atoms with Gasteiger partial charge in [0.05, 0.1) is 0 Å². The minimum atomic E-state index is 0.642. The minimum absolute atomic E-state index is 0.642. The molecule has 0 heterocycles. The highest BCUT2D eigenvalue weighted by molar-refractivity contribution is 7.99. The van der Waals surface area contributed by atoms with Gasteiger partial charge < -0.3 is 5.73 Å². The summed E-state index contributed by atoms with van der Waals surface area (Å²) in [5, 5.41) is 0. The summed E-state index contributed by atoms with van der Waals surface area (Å²) in [6, 6.07) is 6.47. The van der Waals surface area contributed by atoms with Gasteiger partial charge in [-0.05, 0) is 35.9 Å². The number of benzene rings is 1. The second kappa shape index (κ2) is 4.53. The summed E-state index contributed by atoms with van der Waals surface area (Å²) in [5.41, 5.74) is 8.12. The van der Waals surface area contributed by atoms with E-state index >= 15 is 0 Å². The van der Waals surface area contributed by atoms with Gasteiger partial charge in [0.2, 0.25) is 0 Å². The first-order valence-corrected chi connectivity index (χ1v) is 5.19. The number of hydrogen-bond acceptors (Lipinski definition) is 2. The molecule has 0 saturated carbocycles. The molecule has 2 heteroatoms. The maximum Gasteiger partial charge on any atom is 0.0180 e. The average molecular weight is 181 g/mol. The molecule has 0 aliphatic rings. The van der Waals surface area contributed by atoms with Gasteiger partial charge in [-0.25, -0.2) is 0 Å². The van der Waals surface area contributed by atoms with Crippen molar-refractivity contribution in [1.82, 2.24) is 0 Å². The van der Waals surface area contributed by atoms with E-state index in [1.807, 2.05) is 11.8 Å². The SMILES string of the molecule is CCSc1ccc(CN)c(C)c1. The summed E-state index contributed by atoms with van der Waals surface area (Å²) in [7, 11) is 0. The van der Waals surface area contributed by atoms with Crippen molar-refractivity contribution in [2.75, 3.05) is 5.75 Å². The molecule has 0 amide bonds. The van der Waals surface area contributed by atoms with Crippen molar-refractivity contribution >= 4 is 11.8 Å². The van der Waals surface area contributed by atoms with Crippen LogP contribution in [0.3, 0.4) is 0 Å². The van der Waals surface area contributed by atoms with Gasteiger partial charge >= 0.3 is 0 Å². The monoisotopic (exact) mass is 181 g/mol. The van der Waals surface area contributed by atoms with Crippen molar-refractivity contribution in [2.24, 2.45) is 5.73 Å². The average Bonchev–Trinajstić information content (AvgIpc) is 2.05. The lowest BCUT2D eigenvalue weighted by Crippen LogP contribution is -1.98. The van der Waals surface area contributed by atoms with Gasteiger partial charge in [0.1, 0.15) is 0 Å². The van der Waals surface area contributed by atoms with Crippen LogP contribution in [-0.2, 0) is 6.54 Å². The van der Waals surface area contributed by atoms with E-state index < -0.39 is 0 Å². The van der Waals surface area contributed by atoms with Crippen molar-refractivity contribution in [3.63, 3.8) is 0 Å². The third kappa shape index (κ3) is 2.26. The maximum atomic E-state index is 5.57. The molecule has 0 saturated heterocycles. The van der Waals surface area contributed by atoms with E-state index in [0.717, 1.165) is 5.75 Å². The predicted molar refractivity (Wildman–Crippen MR) is 55.5 cm³/mol. The third-order valence-corrected chi connectivity index (χ3v) is 2.72. The van der Waals surface area contributed by atoms with E-state index in [1.165, 1.54) is 16.0 Å². The fourth-order valence-electron chi connectivity index (χ4n) is 1.15. The number of rotatable bonds is 3. The molecular weight excluding hydrogens is 166 g/mol. The second-order valence-electron chi connectivity index (χ2n) is 2.73. The van der Waals surface area contributed by atoms with Crippen LogP contribution in [0.1, 0.15) is 18.1 Å². The molecule has 1 nitrogen and oxygen atoms in total. The summed E-state index contributed by atoms with van der Waals surface area (Å²) < 4.78 is 0. The molecule has 0 atom stereocenters. The Balaban J connectivity index is 2.86. The Morgan fingerprint density at radius 3 is 2.67 bits per heavy atom. The Labute approximate surface area is 78.4 Å². The minimum Gasteiger partial charge on any atom is -0.326 e. The van der Waals surface area contributed by atoms with Crippen molar-refractivity contribution < 1.29 is 0 Å². The maximum absolute atomic E-state index is 5.57. The van der Waals surface area contributed by atoms with E-state index in [4.69, 9.17) is 5.73 Å². The van der Waals surface area contributed by atoms with Gasteiger partial charge in [0, 0.05) is 11.4 Å². The van der Waals surface area contributed by atoms with Gasteiger partial charge in [-0.3, -0.25) is 0 Å². The van der Waals surface area contributed by atoms with Gasteiger partial charge in [0.15, 0.2) is 0 Å². The lowest BCUT2D eigenvalue weighted by atomic mass is 10.1. The van der Waals surface area contributed by atoms with Crippen molar-refractivity contribution in [2.45, 2.75) is 25.3 Å². The van der Waals surface area contributed by atoms with E-state index in [-0.39, 0.29) is 0 Å². The van der Waals surface area contributed by atoms with E-state index in [2.05, 4.69) is 32.0 Å². The predicted octanol–water partition coefficient (Wildman–Crippen LogP) is 2.57. The molecule has 0 fully saturated rings. The third-order valence-electron chi connectivity index (χ3n) is 1.84. The Kier molecular flexibility index (Phi) is 3.63. The highest BCUT2D eigenvalue weighted by Gasteiger charge is 1.97. The van der Waals surface area contributed by atoms with Gasteiger partial charge in [-0.15, -0.1) is 11.8 Å². The summed E-state index contributed by atoms with van der Waals surface area (Å²) in [6.45, 7) is 4.92. The molecule has 0 aliphatic carbocycles. The highest BCUT2D eigenvalue weighted by Crippen LogP contribution is 2.20. The van der Waals surface area contributed by atoms with E-state index in [0.29, 0.717) is 6.54 Å². The highest BCUT2D eigenvalue weighted by atomic mass is 32.2. The van der Waals surface area contributed by atoms with Crippen LogP contribution in [0.4, 0.5) is 0 Å². The summed E-state index contributed by atoms with van der Waals surface area (Å²) in [4.78, 5) is 1.34. The molecule has 0 spiro atoms. The fourth-order valence-corrected chi connectivity index (χ4v) is 1.91. The molecule has 12 heavy (non-hydrogen) atoms. The number of hydrogen-bond donors (Lipinski definition) is 1. The fraction of sp³-hybridized carbons (Fsp3) is 0.400. The summed E-state index contributed by atoms with van der Waals surface area (Å²) >= 11 is 1.87. The molecule has 0 aliphatic heterocycles. The van der Waals surface area contributed by atoms with Crippen LogP contribution in [0.25, 0.3) is 0 Å². The van der Waals surface area contributed by atoms with Gasteiger partial charge in [-0.1, -0.05) is 13.0 Å². The van der Waals surface area contributed by atoms with Gasteiger partial charge in [0.25, 0.3) is 0 Å². The second-order valence-corrected chi connectivity index (χ2v) is 4.06. The van der Waals surface area contributed by atoms with Crippen molar-refractivity contribution in [3.05, 3.63) is 29.3 Å². The first-order valence-electron chi connectivity index (χ1n) is 4.20. The molecule has 66 valence electrons. The zero-order valence-corrected chi connectivity index (χ0v) is 8.45. The van der Waals surface area contributed by atoms with Gasteiger partial charge in [-0.2, -0.15) is 0 Å². The Morgan fingerprint density at radius 2 is 2.17 bits per heavy atom. The van der Waals surface area contributed by atoms with E-state index in [1.54, 1.807) is 0 Å². The van der Waals surface area contributed by atoms with Crippen LogP contribution in [0.15, 0.2) is 23.1 Å². The smallest absolute Gasteiger partial charge is 0.0180 e. The number of thioether (sulfide) groups is 1. The lowest BCUT2D eigenvalue weighted by molar-refractivity contribution is 1.04. The Hall–Kier alpha value is -0.470. The number of aryl methyl sites for hydroxylation is 1. The van der Waals surface area contributed by atoms with Crippen LogP contribution < -0.4 is 5.73 Å². The normalized spacial score (nSPS) is 10.2. The Morgan fingerprint density at radius 1 is 1.42 bits per heavy atom. The zero-order valence-electron chi connectivity index (χ0n) is 7.63. The molecular formula is C10H15NS. The lowest BCUT2D eigenvalue weighted by Gasteiger charge is -2.04. The van der Waals surface area contributed by atoms with Crippen LogP contribution in [0.2, 0.25) is 0 Å².